The maximum Gasteiger partial charge on any atom is 0.261 e. The fraction of sp³-hybridized carbons (Fsp3) is 0.240. The lowest BCUT2D eigenvalue weighted by Gasteiger charge is -2.19. The van der Waals surface area contributed by atoms with Crippen molar-refractivity contribution in [1.82, 2.24) is 4.90 Å². The summed E-state index contributed by atoms with van der Waals surface area (Å²) in [6.07, 6.45) is 0. The SMILES string of the molecule is Cc1ccc(C(=O)N(C)Cc2ccc(C(C)C)cc2)cc1NS(=O)(=O)c1ccccc1. The molecule has 0 aromatic heterocycles. The number of benzene rings is 3. The number of rotatable bonds is 7. The standard InChI is InChI=1S/C25H28N2O3S/c1-18(2)21-14-11-20(12-15-21)17-27(4)25(28)22-13-10-19(3)24(16-22)26-31(29,30)23-8-6-5-7-9-23/h5-16,18,26H,17H2,1-4H3. The van der Waals surface area contributed by atoms with Gasteiger partial charge >= 0.3 is 0 Å². The number of amides is 1. The fourth-order valence-corrected chi connectivity index (χ4v) is 4.39. The second-order valence-electron chi connectivity index (χ2n) is 8.01. The van der Waals surface area contributed by atoms with Crippen molar-refractivity contribution in [2.45, 2.75) is 38.1 Å². The monoisotopic (exact) mass is 436 g/mol. The molecule has 0 aliphatic carbocycles. The molecule has 0 saturated carbocycles. The molecule has 0 aliphatic rings. The number of anilines is 1. The molecule has 0 aliphatic heterocycles. The summed E-state index contributed by atoms with van der Waals surface area (Å²) in [7, 11) is -1.99. The number of sulfonamides is 1. The van der Waals surface area contributed by atoms with E-state index in [0.29, 0.717) is 23.7 Å². The summed E-state index contributed by atoms with van der Waals surface area (Å²) in [6.45, 7) is 6.56. The summed E-state index contributed by atoms with van der Waals surface area (Å²) in [5.74, 6) is 0.284. The molecule has 5 nitrogen and oxygen atoms in total. The third kappa shape index (κ3) is 5.52. The summed E-state index contributed by atoms with van der Waals surface area (Å²) in [4.78, 5) is 14.8. The number of nitrogens with one attached hydrogen (secondary N) is 1. The van der Waals surface area contributed by atoms with Gasteiger partial charge in [0.15, 0.2) is 0 Å². The van der Waals surface area contributed by atoms with Gasteiger partial charge < -0.3 is 4.90 Å². The van der Waals surface area contributed by atoms with E-state index in [9.17, 15) is 13.2 Å². The molecule has 31 heavy (non-hydrogen) atoms. The van der Waals surface area contributed by atoms with Gasteiger partial charge in [-0.2, -0.15) is 0 Å². The van der Waals surface area contributed by atoms with Crippen molar-refractivity contribution in [3.05, 3.63) is 95.1 Å². The van der Waals surface area contributed by atoms with Crippen LogP contribution in [0.5, 0.6) is 0 Å². The summed E-state index contributed by atoms with van der Waals surface area (Å²) in [5.41, 5.74) is 3.86. The van der Waals surface area contributed by atoms with Crippen LogP contribution in [0.1, 0.15) is 46.8 Å². The van der Waals surface area contributed by atoms with Gasteiger partial charge in [0.25, 0.3) is 15.9 Å². The molecular formula is C25H28N2O3S. The lowest BCUT2D eigenvalue weighted by molar-refractivity contribution is 0.0785. The summed E-state index contributed by atoms with van der Waals surface area (Å²) < 4.78 is 28.0. The highest BCUT2D eigenvalue weighted by molar-refractivity contribution is 7.92. The van der Waals surface area contributed by atoms with Crippen LogP contribution in [0.25, 0.3) is 0 Å². The zero-order valence-electron chi connectivity index (χ0n) is 18.3. The number of aryl methyl sites for hydroxylation is 1. The second-order valence-corrected chi connectivity index (χ2v) is 9.69. The minimum absolute atomic E-state index is 0.173. The van der Waals surface area contributed by atoms with Crippen LogP contribution in [0.15, 0.2) is 77.7 Å². The molecule has 3 aromatic carbocycles. The van der Waals surface area contributed by atoms with Gasteiger partial charge in [0.2, 0.25) is 0 Å². The van der Waals surface area contributed by atoms with Crippen LogP contribution in [-0.2, 0) is 16.6 Å². The highest BCUT2D eigenvalue weighted by atomic mass is 32.2. The molecule has 6 heteroatoms. The van der Waals surface area contributed by atoms with Crippen LogP contribution in [0.3, 0.4) is 0 Å². The van der Waals surface area contributed by atoms with Crippen molar-refractivity contribution in [2.24, 2.45) is 0 Å². The highest BCUT2D eigenvalue weighted by Crippen LogP contribution is 2.22. The van der Waals surface area contributed by atoms with Gasteiger partial charge in [-0.05, 0) is 53.8 Å². The Hall–Kier alpha value is -3.12. The third-order valence-electron chi connectivity index (χ3n) is 5.20. The molecule has 1 amide bonds. The molecule has 162 valence electrons. The fourth-order valence-electron chi connectivity index (χ4n) is 3.24. The topological polar surface area (TPSA) is 66.5 Å². The largest absolute Gasteiger partial charge is 0.337 e. The first-order chi connectivity index (χ1) is 14.7. The predicted molar refractivity (Wildman–Crippen MR) is 125 cm³/mol. The van der Waals surface area contributed by atoms with Gasteiger partial charge in [0.1, 0.15) is 0 Å². The number of carbonyl (C=O) groups excluding carboxylic acids is 1. The normalized spacial score (nSPS) is 11.4. The predicted octanol–water partition coefficient (Wildman–Crippen LogP) is 5.19. The number of nitrogens with zero attached hydrogens (tertiary/aromatic N) is 1. The Kier molecular flexibility index (Phi) is 6.81. The van der Waals surface area contributed by atoms with Crippen LogP contribution in [0.2, 0.25) is 0 Å². The molecule has 0 heterocycles. The molecule has 0 fully saturated rings. The van der Waals surface area contributed by atoms with Gasteiger partial charge in [0.05, 0.1) is 10.6 Å². The second kappa shape index (κ2) is 9.35. The minimum atomic E-state index is -3.73. The van der Waals surface area contributed by atoms with Crippen molar-refractivity contribution in [3.63, 3.8) is 0 Å². The van der Waals surface area contributed by atoms with E-state index in [1.54, 1.807) is 55.3 Å². The zero-order valence-corrected chi connectivity index (χ0v) is 19.1. The minimum Gasteiger partial charge on any atom is -0.337 e. The van der Waals surface area contributed by atoms with Gasteiger partial charge in [-0.15, -0.1) is 0 Å². The van der Waals surface area contributed by atoms with Crippen molar-refractivity contribution >= 4 is 21.6 Å². The summed E-state index contributed by atoms with van der Waals surface area (Å²) in [6, 6.07) is 21.5. The van der Waals surface area contributed by atoms with Crippen molar-refractivity contribution in [1.29, 1.82) is 0 Å². The van der Waals surface area contributed by atoms with E-state index >= 15 is 0 Å². The van der Waals surface area contributed by atoms with Crippen LogP contribution < -0.4 is 4.72 Å². The molecule has 3 rings (SSSR count). The van der Waals surface area contributed by atoms with Crippen molar-refractivity contribution in [2.75, 3.05) is 11.8 Å². The quantitative estimate of drug-likeness (QED) is 0.554. The highest BCUT2D eigenvalue weighted by Gasteiger charge is 2.18. The summed E-state index contributed by atoms with van der Waals surface area (Å²) in [5, 5.41) is 0. The molecule has 0 bridgehead atoms. The Morgan fingerprint density at radius 2 is 1.61 bits per heavy atom. The lowest BCUT2D eigenvalue weighted by Crippen LogP contribution is -2.26. The Balaban J connectivity index is 1.77. The Morgan fingerprint density at radius 1 is 0.968 bits per heavy atom. The molecular weight excluding hydrogens is 408 g/mol. The molecule has 1 N–H and O–H groups in total. The zero-order chi connectivity index (χ0) is 22.6. The Morgan fingerprint density at radius 3 is 2.23 bits per heavy atom. The van der Waals surface area contributed by atoms with E-state index in [0.717, 1.165) is 11.1 Å². The van der Waals surface area contributed by atoms with E-state index < -0.39 is 10.0 Å². The Bertz CT molecular complexity index is 1160. The van der Waals surface area contributed by atoms with E-state index in [1.807, 2.05) is 12.1 Å². The number of hydrogen-bond donors (Lipinski definition) is 1. The summed E-state index contributed by atoms with van der Waals surface area (Å²) >= 11 is 0. The van der Waals surface area contributed by atoms with Crippen LogP contribution in [0.4, 0.5) is 5.69 Å². The molecule has 3 aromatic rings. The molecule has 0 radical (unpaired) electrons. The Labute approximate surface area is 184 Å². The third-order valence-corrected chi connectivity index (χ3v) is 6.58. The maximum atomic E-state index is 13.0. The van der Waals surface area contributed by atoms with E-state index in [4.69, 9.17) is 0 Å². The molecule has 0 saturated heterocycles. The van der Waals surface area contributed by atoms with E-state index in [1.165, 1.54) is 17.7 Å². The molecule has 0 spiro atoms. The lowest BCUT2D eigenvalue weighted by atomic mass is 10.0. The first kappa shape index (κ1) is 22.6. The van der Waals surface area contributed by atoms with Gasteiger partial charge in [-0.1, -0.05) is 62.4 Å². The molecule has 0 atom stereocenters. The average molecular weight is 437 g/mol. The van der Waals surface area contributed by atoms with Gasteiger partial charge in [-0.3, -0.25) is 9.52 Å². The number of carbonyl (C=O) groups is 1. The first-order valence-corrected chi connectivity index (χ1v) is 11.7. The van der Waals surface area contributed by atoms with Gasteiger partial charge in [-0.25, -0.2) is 8.42 Å². The van der Waals surface area contributed by atoms with Crippen molar-refractivity contribution in [3.8, 4) is 0 Å². The number of hydrogen-bond acceptors (Lipinski definition) is 3. The van der Waals surface area contributed by atoms with Crippen molar-refractivity contribution < 1.29 is 13.2 Å². The average Bonchev–Trinajstić information content (AvgIpc) is 2.75. The van der Waals surface area contributed by atoms with E-state index in [-0.39, 0.29) is 10.8 Å². The van der Waals surface area contributed by atoms with Crippen LogP contribution >= 0.6 is 0 Å². The van der Waals surface area contributed by atoms with Crippen LogP contribution in [-0.4, -0.2) is 26.3 Å². The van der Waals surface area contributed by atoms with E-state index in [2.05, 4.69) is 30.7 Å². The van der Waals surface area contributed by atoms with Crippen LogP contribution in [0, 0.1) is 6.92 Å². The maximum absolute atomic E-state index is 13.0. The first-order valence-electron chi connectivity index (χ1n) is 10.2. The smallest absolute Gasteiger partial charge is 0.261 e. The molecule has 0 unspecified atom stereocenters. The van der Waals surface area contributed by atoms with Gasteiger partial charge in [0, 0.05) is 19.2 Å².